The van der Waals surface area contributed by atoms with Crippen molar-refractivity contribution in [2.75, 3.05) is 7.11 Å². The number of methoxy groups -OCH3 is 1. The van der Waals surface area contributed by atoms with E-state index in [1.165, 1.54) is 19.2 Å². The predicted molar refractivity (Wildman–Crippen MR) is 69.9 cm³/mol. The van der Waals surface area contributed by atoms with Crippen LogP contribution in [0.5, 0.6) is 11.5 Å². The van der Waals surface area contributed by atoms with Gasteiger partial charge < -0.3 is 14.6 Å². The Labute approximate surface area is 103 Å². The molecule has 0 saturated heterocycles. The van der Waals surface area contributed by atoms with E-state index in [9.17, 15) is 4.79 Å². The fraction of sp³-hybridized carbons (Fsp3) is 0.385. The molecule has 1 rings (SSSR count). The highest BCUT2D eigenvalue weighted by Gasteiger charge is 2.00. The maximum atomic E-state index is 10.3. The molecule has 0 spiro atoms. The van der Waals surface area contributed by atoms with Gasteiger partial charge in [0.2, 0.25) is 0 Å². The summed E-state index contributed by atoms with van der Waals surface area (Å²) in [7, 11) is 1.47. The van der Waals surface area contributed by atoms with Crippen molar-refractivity contribution in [3.63, 3.8) is 0 Å². The number of hydrogen-bond acceptors (Lipinski definition) is 4. The third kappa shape index (κ3) is 9.11. The van der Waals surface area contributed by atoms with Crippen LogP contribution in [-0.2, 0) is 4.79 Å². The highest BCUT2D eigenvalue weighted by Crippen LogP contribution is 2.20. The second-order valence-electron chi connectivity index (χ2n) is 2.04. The van der Waals surface area contributed by atoms with Crippen LogP contribution in [0.25, 0.3) is 0 Å². The highest BCUT2D eigenvalue weighted by molar-refractivity contribution is 5.80. The molecule has 0 aliphatic carbocycles. The lowest BCUT2D eigenvalue weighted by Gasteiger charge is -2.01. The van der Waals surface area contributed by atoms with Gasteiger partial charge >= 0.3 is 0 Å². The van der Waals surface area contributed by atoms with E-state index in [4.69, 9.17) is 14.6 Å². The van der Waals surface area contributed by atoms with E-state index < -0.39 is 0 Å². The number of benzene rings is 1. The second-order valence-corrected chi connectivity index (χ2v) is 2.04. The molecule has 0 unspecified atom stereocenters. The van der Waals surface area contributed by atoms with E-state index in [0.717, 1.165) is 0 Å². The Bertz CT molecular complexity index is 285. The minimum Gasteiger partial charge on any atom is -0.508 e. The summed E-state index contributed by atoms with van der Waals surface area (Å²) in [5.41, 5.74) is 0.354. The number of ether oxygens (including phenoxy) is 1. The summed E-state index contributed by atoms with van der Waals surface area (Å²) in [5, 5.41) is 8.95. The molecule has 0 heterocycles. The summed E-state index contributed by atoms with van der Waals surface area (Å²) in [4.78, 5) is 18.3. The zero-order chi connectivity index (χ0) is 14.3. The van der Waals surface area contributed by atoms with Crippen LogP contribution in [-0.4, -0.2) is 25.3 Å². The molecule has 1 N–H and O–H groups in total. The van der Waals surface area contributed by atoms with Gasteiger partial charge in [-0.25, -0.2) is 0 Å². The number of carbonyl (C=O) groups is 2. The van der Waals surface area contributed by atoms with Crippen LogP contribution < -0.4 is 4.74 Å². The topological polar surface area (TPSA) is 63.6 Å². The van der Waals surface area contributed by atoms with Crippen molar-refractivity contribution in [2.24, 2.45) is 0 Å². The van der Waals surface area contributed by atoms with Gasteiger partial charge in [0.05, 0.1) is 12.7 Å². The molecule has 17 heavy (non-hydrogen) atoms. The van der Waals surface area contributed by atoms with Crippen molar-refractivity contribution >= 4 is 13.1 Å². The van der Waals surface area contributed by atoms with E-state index in [0.29, 0.717) is 17.6 Å². The van der Waals surface area contributed by atoms with E-state index in [2.05, 4.69) is 0 Å². The fourth-order valence-corrected chi connectivity index (χ4v) is 0.814. The van der Waals surface area contributed by atoms with Crippen molar-refractivity contribution in [1.29, 1.82) is 0 Å². The van der Waals surface area contributed by atoms with Gasteiger partial charge in [-0.2, -0.15) is 0 Å². The number of rotatable bonds is 2. The van der Waals surface area contributed by atoms with Gasteiger partial charge in [-0.15, -0.1) is 0 Å². The number of phenols is 1. The van der Waals surface area contributed by atoms with Crippen molar-refractivity contribution in [3.05, 3.63) is 23.8 Å². The first-order chi connectivity index (χ1) is 8.27. The Morgan fingerprint density at radius 2 is 1.65 bits per heavy atom. The molecule has 1 aromatic carbocycles. The quantitative estimate of drug-likeness (QED) is 0.809. The van der Waals surface area contributed by atoms with Crippen LogP contribution in [0.2, 0.25) is 0 Å². The van der Waals surface area contributed by atoms with Gasteiger partial charge in [-0.05, 0) is 18.2 Å². The lowest BCUT2D eigenvalue weighted by atomic mass is 10.2. The Balaban J connectivity index is -0.000000285. The summed E-state index contributed by atoms with van der Waals surface area (Å²) in [6, 6.07) is 4.36. The van der Waals surface area contributed by atoms with Crippen LogP contribution in [0.1, 0.15) is 38.1 Å². The number of hydrogen-bond donors (Lipinski definition) is 1. The molecule has 0 saturated carbocycles. The van der Waals surface area contributed by atoms with E-state index in [1.807, 2.05) is 34.5 Å². The van der Waals surface area contributed by atoms with E-state index >= 15 is 0 Å². The van der Waals surface area contributed by atoms with E-state index in [-0.39, 0.29) is 5.75 Å². The molecule has 0 bridgehead atoms. The zero-order valence-electron chi connectivity index (χ0n) is 11.2. The average Bonchev–Trinajstić information content (AvgIpc) is 2.45. The third-order valence-electron chi connectivity index (χ3n) is 1.34. The van der Waals surface area contributed by atoms with Crippen LogP contribution >= 0.6 is 0 Å². The second kappa shape index (κ2) is 16.6. The summed E-state index contributed by atoms with van der Waals surface area (Å²) >= 11 is 0. The summed E-state index contributed by atoms with van der Waals surface area (Å²) in [5.74, 6) is 0.533. The zero-order valence-corrected chi connectivity index (χ0v) is 11.2. The molecule has 0 aromatic heterocycles. The third-order valence-corrected chi connectivity index (χ3v) is 1.34. The van der Waals surface area contributed by atoms with Crippen molar-refractivity contribution in [2.45, 2.75) is 27.7 Å². The van der Waals surface area contributed by atoms with Crippen LogP contribution in [0.3, 0.4) is 0 Å². The molecule has 4 nitrogen and oxygen atoms in total. The summed E-state index contributed by atoms with van der Waals surface area (Å²) in [6.07, 6.45) is 0.637. The van der Waals surface area contributed by atoms with Crippen LogP contribution in [0.4, 0.5) is 0 Å². The number of phenolic OH excluding ortho intramolecular Hbond substituents is 1. The summed E-state index contributed by atoms with van der Waals surface area (Å²) in [6.45, 7) is 10.0. The largest absolute Gasteiger partial charge is 0.508 e. The van der Waals surface area contributed by atoms with E-state index in [1.54, 1.807) is 6.07 Å². The molecule has 1 aromatic rings. The molecular formula is C13H22O4. The lowest BCUT2D eigenvalue weighted by molar-refractivity contribution is -0.0979. The van der Waals surface area contributed by atoms with Gasteiger partial charge in [-0.3, -0.25) is 4.79 Å². The van der Waals surface area contributed by atoms with Gasteiger partial charge in [0.15, 0.2) is 6.29 Å². The lowest BCUT2D eigenvalue weighted by Crippen LogP contribution is -1.88. The number of aldehydes is 1. The number of carbonyl (C=O) groups excluding carboxylic acids is 2. The first-order valence-corrected chi connectivity index (χ1v) is 5.39. The normalized spacial score (nSPS) is 6.88. The molecule has 0 fully saturated rings. The Morgan fingerprint density at radius 3 is 2.00 bits per heavy atom. The Kier molecular flexibility index (Phi) is 20.1. The van der Waals surface area contributed by atoms with Gasteiger partial charge in [-0.1, -0.05) is 27.7 Å². The molecule has 4 heteroatoms. The first-order valence-electron chi connectivity index (χ1n) is 5.39. The van der Waals surface area contributed by atoms with Crippen molar-refractivity contribution < 1.29 is 19.4 Å². The molecule has 98 valence electrons. The first kappa shape index (κ1) is 20.6. The standard InChI is InChI=1S/C8H8O3.2C2H6.CH2O/c1-11-8-3-2-7(10)4-6(8)5-9;3*1-2/h2-5,10H,1H3;2*1-2H3;1H2. The van der Waals surface area contributed by atoms with Gasteiger partial charge in [0.1, 0.15) is 18.3 Å². The van der Waals surface area contributed by atoms with Gasteiger partial charge in [0.25, 0.3) is 0 Å². The highest BCUT2D eigenvalue weighted by atomic mass is 16.5. The smallest absolute Gasteiger partial charge is 0.153 e. The molecule has 0 amide bonds. The molecular weight excluding hydrogens is 220 g/mol. The maximum Gasteiger partial charge on any atom is 0.153 e. The van der Waals surface area contributed by atoms with Crippen LogP contribution in [0.15, 0.2) is 18.2 Å². The van der Waals surface area contributed by atoms with Crippen molar-refractivity contribution in [1.82, 2.24) is 0 Å². The minimum atomic E-state index is 0.0629. The molecule has 0 atom stereocenters. The fourth-order valence-electron chi connectivity index (χ4n) is 0.814. The predicted octanol–water partition coefficient (Wildman–Crippen LogP) is 3.08. The minimum absolute atomic E-state index is 0.0629. The number of aromatic hydroxyl groups is 1. The van der Waals surface area contributed by atoms with Crippen LogP contribution in [0, 0.1) is 0 Å². The SMILES string of the molecule is C=O.CC.CC.COc1ccc(O)cc1C=O. The average molecular weight is 242 g/mol. The molecule has 0 aliphatic heterocycles. The monoisotopic (exact) mass is 242 g/mol. The Hall–Kier alpha value is -1.84. The Morgan fingerprint density at radius 1 is 1.18 bits per heavy atom. The maximum absolute atomic E-state index is 10.3. The molecule has 0 aliphatic rings. The van der Waals surface area contributed by atoms with Crippen molar-refractivity contribution in [3.8, 4) is 11.5 Å². The van der Waals surface area contributed by atoms with Gasteiger partial charge in [0, 0.05) is 0 Å². The molecule has 0 radical (unpaired) electrons. The summed E-state index contributed by atoms with van der Waals surface area (Å²) < 4.78 is 4.85.